The van der Waals surface area contributed by atoms with Crippen molar-refractivity contribution >= 4 is 10.0 Å². The number of aromatic amines is 1. The van der Waals surface area contributed by atoms with E-state index in [1.165, 1.54) is 30.5 Å². The van der Waals surface area contributed by atoms with Crippen LogP contribution in [0.15, 0.2) is 35.5 Å². The van der Waals surface area contributed by atoms with Crippen LogP contribution >= 0.6 is 0 Å². The van der Waals surface area contributed by atoms with Crippen LogP contribution < -0.4 is 9.46 Å². The molecule has 1 heterocycles. The highest BCUT2D eigenvalue weighted by molar-refractivity contribution is 7.89. The molecule has 0 aliphatic heterocycles. The zero-order chi connectivity index (χ0) is 15.5. The number of nitrogens with zero attached hydrogens (tertiary/aromatic N) is 1. The van der Waals surface area contributed by atoms with Crippen LogP contribution in [0, 0.1) is 6.92 Å². The first-order chi connectivity index (χ1) is 9.87. The Balaban J connectivity index is 1.99. The van der Waals surface area contributed by atoms with Gasteiger partial charge in [0.2, 0.25) is 0 Å². The maximum atomic E-state index is 12.0. The normalized spacial score (nSPS) is 11.8. The molecule has 114 valence electrons. The van der Waals surface area contributed by atoms with Crippen LogP contribution in [0.4, 0.5) is 8.78 Å². The third kappa shape index (κ3) is 4.23. The minimum absolute atomic E-state index is 0.0146. The summed E-state index contributed by atoms with van der Waals surface area (Å²) in [6.07, 6.45) is 1.22. The van der Waals surface area contributed by atoms with Crippen molar-refractivity contribution in [1.29, 1.82) is 0 Å². The summed E-state index contributed by atoms with van der Waals surface area (Å²) in [5, 5.41) is -0.0300. The number of sulfonamides is 1. The average Bonchev–Trinajstić information content (AvgIpc) is 2.85. The molecule has 0 amide bonds. The van der Waals surface area contributed by atoms with Crippen LogP contribution in [0.3, 0.4) is 0 Å². The van der Waals surface area contributed by atoms with Crippen molar-refractivity contribution in [3.63, 3.8) is 0 Å². The highest BCUT2D eigenvalue weighted by Gasteiger charge is 2.16. The summed E-state index contributed by atoms with van der Waals surface area (Å²) >= 11 is 0. The summed E-state index contributed by atoms with van der Waals surface area (Å²) in [6, 6.07) is 5.68. The third-order valence-electron chi connectivity index (χ3n) is 2.58. The summed E-state index contributed by atoms with van der Waals surface area (Å²) in [4.78, 5) is 6.43. The smallest absolute Gasteiger partial charge is 0.387 e. The van der Waals surface area contributed by atoms with Crippen molar-refractivity contribution in [2.45, 2.75) is 25.1 Å². The second-order valence-corrected chi connectivity index (χ2v) is 5.92. The fourth-order valence-corrected chi connectivity index (χ4v) is 2.57. The number of halogens is 2. The van der Waals surface area contributed by atoms with Crippen LogP contribution in [-0.2, 0) is 16.6 Å². The van der Waals surface area contributed by atoms with Gasteiger partial charge in [-0.15, -0.1) is 0 Å². The Morgan fingerprint density at radius 2 is 2.00 bits per heavy atom. The minimum Gasteiger partial charge on any atom is -0.435 e. The Kier molecular flexibility index (Phi) is 4.53. The predicted molar refractivity (Wildman–Crippen MR) is 70.4 cm³/mol. The van der Waals surface area contributed by atoms with Gasteiger partial charge in [0.25, 0.3) is 10.0 Å². The first-order valence-electron chi connectivity index (χ1n) is 5.92. The van der Waals surface area contributed by atoms with Gasteiger partial charge in [-0.2, -0.15) is 8.78 Å². The van der Waals surface area contributed by atoms with Crippen LogP contribution in [0.2, 0.25) is 0 Å². The van der Waals surface area contributed by atoms with E-state index in [1.54, 1.807) is 6.92 Å². The van der Waals surface area contributed by atoms with Crippen molar-refractivity contribution in [3.05, 3.63) is 41.9 Å². The van der Waals surface area contributed by atoms with Gasteiger partial charge in [0, 0.05) is 6.54 Å². The van der Waals surface area contributed by atoms with Gasteiger partial charge in [-0.25, -0.2) is 18.1 Å². The molecular weight excluding hydrogens is 304 g/mol. The number of nitrogens with one attached hydrogen (secondary N) is 2. The molecule has 2 N–H and O–H groups in total. The topological polar surface area (TPSA) is 84.1 Å². The van der Waals surface area contributed by atoms with E-state index < -0.39 is 16.6 Å². The molecule has 2 aromatic rings. The quantitative estimate of drug-likeness (QED) is 0.851. The van der Waals surface area contributed by atoms with Gasteiger partial charge < -0.3 is 9.72 Å². The van der Waals surface area contributed by atoms with Gasteiger partial charge in [0.15, 0.2) is 5.03 Å². The van der Waals surface area contributed by atoms with E-state index in [1.807, 2.05) is 0 Å². The first-order valence-corrected chi connectivity index (χ1v) is 7.40. The Morgan fingerprint density at radius 1 is 1.33 bits per heavy atom. The van der Waals surface area contributed by atoms with Crippen molar-refractivity contribution < 1.29 is 21.9 Å². The second-order valence-electron chi connectivity index (χ2n) is 4.18. The number of ether oxygens (including phenoxy) is 1. The molecule has 0 bridgehead atoms. The largest absolute Gasteiger partial charge is 0.435 e. The highest BCUT2D eigenvalue weighted by atomic mass is 32.2. The Labute approximate surface area is 120 Å². The van der Waals surface area contributed by atoms with E-state index in [0.717, 1.165) is 0 Å². The van der Waals surface area contributed by atoms with Crippen molar-refractivity contribution in [3.8, 4) is 5.75 Å². The molecule has 0 aliphatic rings. The number of hydrogen-bond donors (Lipinski definition) is 2. The molecule has 1 aromatic heterocycles. The van der Waals surface area contributed by atoms with E-state index in [9.17, 15) is 17.2 Å². The lowest BCUT2D eigenvalue weighted by atomic mass is 10.2. The maximum Gasteiger partial charge on any atom is 0.387 e. The number of alkyl halides is 2. The second kappa shape index (κ2) is 6.19. The lowest BCUT2D eigenvalue weighted by Crippen LogP contribution is -2.23. The van der Waals surface area contributed by atoms with Gasteiger partial charge in [-0.1, -0.05) is 12.1 Å². The molecule has 0 fully saturated rings. The van der Waals surface area contributed by atoms with Crippen LogP contribution in [0.25, 0.3) is 0 Å². The van der Waals surface area contributed by atoms with Crippen LogP contribution in [0.5, 0.6) is 5.75 Å². The molecule has 0 aliphatic carbocycles. The molecule has 0 saturated heterocycles. The Bertz CT molecular complexity index is 699. The molecule has 0 unspecified atom stereocenters. The third-order valence-corrected chi connectivity index (χ3v) is 3.89. The van der Waals surface area contributed by atoms with E-state index in [2.05, 4.69) is 19.4 Å². The molecule has 6 nitrogen and oxygen atoms in total. The summed E-state index contributed by atoms with van der Waals surface area (Å²) < 4.78 is 54.4. The summed E-state index contributed by atoms with van der Waals surface area (Å²) in [5.41, 5.74) is 0.608. The van der Waals surface area contributed by atoms with E-state index in [0.29, 0.717) is 11.4 Å². The van der Waals surface area contributed by atoms with Gasteiger partial charge in [0.1, 0.15) is 11.6 Å². The number of benzene rings is 1. The first kappa shape index (κ1) is 15.4. The fraction of sp³-hybridized carbons (Fsp3) is 0.250. The monoisotopic (exact) mass is 317 g/mol. The average molecular weight is 317 g/mol. The number of rotatable bonds is 6. The summed E-state index contributed by atoms with van der Waals surface area (Å²) in [5.74, 6) is 0.504. The maximum absolute atomic E-state index is 12.0. The molecule has 21 heavy (non-hydrogen) atoms. The van der Waals surface area contributed by atoms with Crippen LogP contribution in [0.1, 0.15) is 11.4 Å². The lowest BCUT2D eigenvalue weighted by molar-refractivity contribution is -0.0498. The number of aryl methyl sites for hydroxylation is 1. The molecule has 0 saturated carbocycles. The van der Waals surface area contributed by atoms with Crippen molar-refractivity contribution in [2.75, 3.05) is 0 Å². The zero-order valence-corrected chi connectivity index (χ0v) is 11.8. The molecular formula is C12H13F2N3O3S. The van der Waals surface area contributed by atoms with Gasteiger partial charge >= 0.3 is 6.61 Å². The number of hydrogen-bond acceptors (Lipinski definition) is 4. The van der Waals surface area contributed by atoms with Gasteiger partial charge in [0.05, 0.1) is 6.20 Å². The Morgan fingerprint density at radius 3 is 2.52 bits per heavy atom. The number of H-pyrrole nitrogens is 1. The summed E-state index contributed by atoms with van der Waals surface area (Å²) in [6.45, 7) is -1.23. The van der Waals surface area contributed by atoms with E-state index >= 15 is 0 Å². The molecule has 0 spiro atoms. The zero-order valence-electron chi connectivity index (χ0n) is 11.0. The standard InChI is InChI=1S/C12H13F2N3O3S/c1-8-15-7-11(17-8)21(18,19)16-6-9-2-4-10(5-3-9)20-12(13)14/h2-5,7,12,16H,6H2,1H3,(H,15,17). The van der Waals surface area contributed by atoms with Gasteiger partial charge in [-0.05, 0) is 24.6 Å². The predicted octanol–water partition coefficient (Wildman–Crippen LogP) is 1.80. The van der Waals surface area contributed by atoms with Crippen molar-refractivity contribution in [2.24, 2.45) is 0 Å². The highest BCUT2D eigenvalue weighted by Crippen LogP contribution is 2.15. The SMILES string of the molecule is Cc1ncc(S(=O)(=O)NCc2ccc(OC(F)F)cc2)[nH]1. The van der Waals surface area contributed by atoms with Crippen LogP contribution in [-0.4, -0.2) is 25.0 Å². The number of aromatic nitrogens is 2. The molecule has 2 rings (SSSR count). The fourth-order valence-electron chi connectivity index (χ4n) is 1.58. The van der Waals surface area contributed by atoms with E-state index in [-0.39, 0.29) is 17.3 Å². The molecule has 0 radical (unpaired) electrons. The number of imidazole rings is 1. The lowest BCUT2D eigenvalue weighted by Gasteiger charge is -2.07. The molecule has 1 aromatic carbocycles. The summed E-state index contributed by atoms with van der Waals surface area (Å²) in [7, 11) is -3.69. The van der Waals surface area contributed by atoms with E-state index in [4.69, 9.17) is 0 Å². The molecule has 9 heteroatoms. The van der Waals surface area contributed by atoms with Gasteiger partial charge in [-0.3, -0.25) is 0 Å². The Hall–Kier alpha value is -2.00. The van der Waals surface area contributed by atoms with Crippen molar-refractivity contribution in [1.82, 2.24) is 14.7 Å². The molecule has 0 atom stereocenters. The minimum atomic E-state index is -3.69.